The van der Waals surface area contributed by atoms with Crippen LogP contribution in [0, 0.1) is 0 Å². The van der Waals surface area contributed by atoms with Crippen LogP contribution in [0.2, 0.25) is 0 Å². The van der Waals surface area contributed by atoms with Gasteiger partial charge in [0.1, 0.15) is 12.2 Å². The zero-order valence-electron chi connectivity index (χ0n) is 35.2. The maximum absolute atomic E-state index is 14.0. The average molecular weight is 841 g/mol. The molecule has 7 aromatic carbocycles. The highest BCUT2D eigenvalue weighted by molar-refractivity contribution is 7.19. The van der Waals surface area contributed by atoms with Crippen LogP contribution in [0.5, 0.6) is 0 Å². The number of thiophene rings is 1. The molecule has 7 heteroatoms. The predicted octanol–water partition coefficient (Wildman–Crippen LogP) is 12.1. The highest BCUT2D eigenvalue weighted by atomic mass is 32.1. The third kappa shape index (κ3) is 9.03. The summed E-state index contributed by atoms with van der Waals surface area (Å²) in [5.74, 6) is -2.12. The minimum absolute atomic E-state index is 0.175. The van der Waals surface area contributed by atoms with Crippen molar-refractivity contribution in [3.63, 3.8) is 0 Å². The standard InChI is InChI=1S/C55H52O6S/c1-3-39-28-29-50-46(30-39)34-47(62-50)32-44-31-45-26-16-17-27-48(45)49(33-44)55(56)54(2,60-38-43-24-14-7-15-25-43)52(58-36-41-20-10-5-11-21-41)51(57-35-40-18-8-4-9-19-40)53(61-55)59-37-42-22-12-6-13-23-42/h4-31,33-34,51-53,56H,3,32,35-38H2,1-2H3/t51-,52+,53+,54+,55?/m0/s1. The number of fused-ring (bicyclic) bond motifs is 2. The molecule has 62 heavy (non-hydrogen) atoms. The smallest absolute Gasteiger partial charge is 0.228 e. The van der Waals surface area contributed by atoms with Crippen LogP contribution in [0.4, 0.5) is 0 Å². The van der Waals surface area contributed by atoms with Crippen molar-refractivity contribution in [2.24, 2.45) is 0 Å². The molecular weight excluding hydrogens is 789 g/mol. The summed E-state index contributed by atoms with van der Waals surface area (Å²) < 4.78 is 36.4. The van der Waals surface area contributed by atoms with Gasteiger partial charge in [-0.25, -0.2) is 0 Å². The first-order valence-corrected chi connectivity index (χ1v) is 22.3. The van der Waals surface area contributed by atoms with Crippen molar-refractivity contribution < 1.29 is 28.8 Å². The molecule has 1 saturated heterocycles. The second-order valence-electron chi connectivity index (χ2n) is 16.3. The summed E-state index contributed by atoms with van der Waals surface area (Å²) in [5, 5.41) is 17.0. The number of rotatable bonds is 16. The summed E-state index contributed by atoms with van der Waals surface area (Å²) in [6, 6.07) is 61.5. The summed E-state index contributed by atoms with van der Waals surface area (Å²) in [7, 11) is 0. The topological polar surface area (TPSA) is 66.4 Å². The van der Waals surface area contributed by atoms with Gasteiger partial charge in [-0.05, 0) is 81.1 Å². The number of aryl methyl sites for hydroxylation is 1. The van der Waals surface area contributed by atoms with Gasteiger partial charge in [0, 0.05) is 21.6 Å². The molecule has 0 radical (unpaired) electrons. The largest absolute Gasteiger partial charge is 0.367 e. The van der Waals surface area contributed by atoms with Crippen LogP contribution in [-0.2, 0) is 68.7 Å². The van der Waals surface area contributed by atoms with E-state index in [0.29, 0.717) is 12.0 Å². The first kappa shape index (κ1) is 41.9. The second-order valence-corrected chi connectivity index (χ2v) is 17.4. The number of benzene rings is 7. The Hall–Kier alpha value is -5.48. The van der Waals surface area contributed by atoms with Crippen LogP contribution < -0.4 is 0 Å². The Bertz CT molecular complexity index is 2690. The highest BCUT2D eigenvalue weighted by Crippen LogP contribution is 2.51. The molecule has 8 aromatic rings. The molecule has 0 bridgehead atoms. The van der Waals surface area contributed by atoms with Crippen molar-refractivity contribution in [3.8, 4) is 0 Å². The molecule has 9 rings (SSSR count). The monoisotopic (exact) mass is 840 g/mol. The van der Waals surface area contributed by atoms with E-state index in [1.807, 2.05) is 146 Å². The van der Waals surface area contributed by atoms with Gasteiger partial charge in [0.15, 0.2) is 11.9 Å². The van der Waals surface area contributed by atoms with Gasteiger partial charge in [-0.15, -0.1) is 11.3 Å². The van der Waals surface area contributed by atoms with Crippen LogP contribution in [0.15, 0.2) is 182 Å². The lowest BCUT2D eigenvalue weighted by molar-refractivity contribution is -0.444. The van der Waals surface area contributed by atoms with Gasteiger partial charge in [0.05, 0.1) is 26.4 Å². The lowest BCUT2D eigenvalue weighted by Crippen LogP contribution is -2.72. The third-order valence-electron chi connectivity index (χ3n) is 12.0. The highest BCUT2D eigenvalue weighted by Gasteiger charge is 2.66. The first-order chi connectivity index (χ1) is 30.4. The van der Waals surface area contributed by atoms with Gasteiger partial charge >= 0.3 is 0 Å². The van der Waals surface area contributed by atoms with E-state index in [9.17, 15) is 5.11 Å². The molecule has 0 spiro atoms. The third-order valence-corrected chi connectivity index (χ3v) is 13.1. The summed E-state index contributed by atoms with van der Waals surface area (Å²) in [4.78, 5) is 1.23. The molecule has 1 unspecified atom stereocenters. The molecule has 0 amide bonds. The normalized spacial score (nSPS) is 21.4. The molecule has 1 aliphatic heterocycles. The van der Waals surface area contributed by atoms with E-state index in [0.717, 1.165) is 45.0 Å². The van der Waals surface area contributed by atoms with Crippen LogP contribution in [0.1, 0.15) is 57.7 Å². The Morgan fingerprint density at radius 2 is 1.10 bits per heavy atom. The van der Waals surface area contributed by atoms with E-state index >= 15 is 0 Å². The number of ether oxygens (including phenoxy) is 5. The maximum Gasteiger partial charge on any atom is 0.228 e. The van der Waals surface area contributed by atoms with E-state index in [1.165, 1.54) is 20.5 Å². The molecule has 2 heterocycles. The zero-order chi connectivity index (χ0) is 42.4. The summed E-state index contributed by atoms with van der Waals surface area (Å²) in [6.45, 7) is 4.96. The Kier molecular flexibility index (Phi) is 12.7. The minimum Gasteiger partial charge on any atom is -0.367 e. The van der Waals surface area contributed by atoms with Gasteiger partial charge in [0.25, 0.3) is 0 Å². The van der Waals surface area contributed by atoms with Gasteiger partial charge < -0.3 is 28.8 Å². The fourth-order valence-electron chi connectivity index (χ4n) is 8.56. The molecule has 5 atom stereocenters. The van der Waals surface area contributed by atoms with Crippen molar-refractivity contribution in [2.45, 2.75) is 83.0 Å². The lowest BCUT2D eigenvalue weighted by atomic mass is 9.76. The molecular formula is C55H52O6S. The fraction of sp³-hybridized carbons (Fsp3) is 0.236. The predicted molar refractivity (Wildman–Crippen MR) is 248 cm³/mol. The van der Waals surface area contributed by atoms with E-state index in [2.05, 4.69) is 49.4 Å². The van der Waals surface area contributed by atoms with Gasteiger partial charge in [-0.1, -0.05) is 171 Å². The quantitative estimate of drug-likeness (QED) is 0.105. The number of hydrogen-bond donors (Lipinski definition) is 1. The maximum atomic E-state index is 14.0. The van der Waals surface area contributed by atoms with E-state index < -0.39 is 29.9 Å². The lowest BCUT2D eigenvalue weighted by Gasteiger charge is -2.56. The molecule has 0 aliphatic carbocycles. The molecule has 6 nitrogen and oxygen atoms in total. The first-order valence-electron chi connectivity index (χ1n) is 21.5. The SMILES string of the molecule is CCc1ccc2sc(Cc3cc(C4(O)O[C@@H](OCc5ccccc5)[C@@H](OCc5ccccc5)[C@@H](OCc5ccccc5)[C@@]4(C)OCc4ccccc4)c4ccccc4c3)cc2c1. The summed E-state index contributed by atoms with van der Waals surface area (Å²) in [5.41, 5.74) is 5.21. The Labute approximate surface area is 368 Å². The minimum atomic E-state index is -2.12. The Balaban J connectivity index is 1.20. The van der Waals surface area contributed by atoms with Crippen LogP contribution in [0.25, 0.3) is 20.9 Å². The molecule has 314 valence electrons. The van der Waals surface area contributed by atoms with Crippen LogP contribution >= 0.6 is 11.3 Å². The van der Waals surface area contributed by atoms with Crippen molar-refractivity contribution in [3.05, 3.63) is 226 Å². The van der Waals surface area contributed by atoms with Crippen LogP contribution in [0.3, 0.4) is 0 Å². The second kappa shape index (κ2) is 18.9. The van der Waals surface area contributed by atoms with E-state index in [-0.39, 0.29) is 26.4 Å². The molecule has 1 fully saturated rings. The van der Waals surface area contributed by atoms with Gasteiger partial charge in [-0.2, -0.15) is 0 Å². The molecule has 1 N–H and O–H groups in total. The van der Waals surface area contributed by atoms with Gasteiger partial charge in [-0.3, -0.25) is 0 Å². The molecule has 1 aromatic heterocycles. The van der Waals surface area contributed by atoms with Crippen molar-refractivity contribution in [1.82, 2.24) is 0 Å². The number of aliphatic hydroxyl groups is 1. The van der Waals surface area contributed by atoms with Crippen molar-refractivity contribution in [2.75, 3.05) is 0 Å². The molecule has 0 saturated carbocycles. The fourth-order valence-corrected chi connectivity index (χ4v) is 9.64. The Morgan fingerprint density at radius 3 is 1.73 bits per heavy atom. The average Bonchev–Trinajstić information content (AvgIpc) is 3.73. The van der Waals surface area contributed by atoms with E-state index in [4.69, 9.17) is 23.7 Å². The zero-order valence-corrected chi connectivity index (χ0v) is 36.0. The van der Waals surface area contributed by atoms with Crippen molar-refractivity contribution >= 4 is 32.2 Å². The van der Waals surface area contributed by atoms with Crippen molar-refractivity contribution in [1.29, 1.82) is 0 Å². The number of hydrogen-bond acceptors (Lipinski definition) is 7. The molecule has 1 aliphatic rings. The summed E-state index contributed by atoms with van der Waals surface area (Å²) >= 11 is 1.80. The summed E-state index contributed by atoms with van der Waals surface area (Å²) in [6.07, 6.45) is -1.18. The van der Waals surface area contributed by atoms with Crippen LogP contribution in [-0.4, -0.2) is 29.2 Å². The van der Waals surface area contributed by atoms with E-state index in [1.54, 1.807) is 11.3 Å². The van der Waals surface area contributed by atoms with Gasteiger partial charge in [0.2, 0.25) is 5.79 Å². The Morgan fingerprint density at radius 1 is 0.548 bits per heavy atom.